The van der Waals surface area contributed by atoms with Crippen molar-refractivity contribution in [1.82, 2.24) is 10.3 Å². The van der Waals surface area contributed by atoms with E-state index in [2.05, 4.69) is 42.7 Å². The van der Waals surface area contributed by atoms with Crippen LogP contribution < -0.4 is 10.2 Å². The first kappa shape index (κ1) is 15.6. The van der Waals surface area contributed by atoms with E-state index in [9.17, 15) is 0 Å². The zero-order valence-electron chi connectivity index (χ0n) is 13.4. The van der Waals surface area contributed by atoms with Gasteiger partial charge in [-0.2, -0.15) is 11.8 Å². The Hall–Kier alpha value is -0.260. The molecule has 1 aliphatic heterocycles. The summed E-state index contributed by atoms with van der Waals surface area (Å²) >= 11 is 4.02. The van der Waals surface area contributed by atoms with Gasteiger partial charge in [0.1, 0.15) is 0 Å². The molecular weight excluding hydrogens is 298 g/mol. The van der Waals surface area contributed by atoms with Crippen molar-refractivity contribution in [3.8, 4) is 0 Å². The van der Waals surface area contributed by atoms with Gasteiger partial charge < -0.3 is 10.2 Å². The number of aromatic nitrogens is 1. The second-order valence-electron chi connectivity index (χ2n) is 6.28. The number of nitrogens with zero attached hydrogens (tertiary/aromatic N) is 2. The van der Waals surface area contributed by atoms with Crippen LogP contribution in [-0.2, 0) is 13.0 Å². The van der Waals surface area contributed by atoms with Crippen molar-refractivity contribution < 1.29 is 0 Å². The summed E-state index contributed by atoms with van der Waals surface area (Å²) in [5, 5.41) is 5.61. The van der Waals surface area contributed by atoms with E-state index in [1.165, 1.54) is 40.7 Å². The molecule has 0 aromatic carbocycles. The molecule has 1 N–H and O–H groups in total. The molecule has 1 aliphatic carbocycles. The standard InChI is InChI=1S/C16H27N3S2/c1-4-5-14-15(10-17-13-6-7-13)21-16(18-14)19-8-9-20-12(3)11(19)2/h11-13,17H,4-10H2,1-3H3. The minimum Gasteiger partial charge on any atom is -0.343 e. The van der Waals surface area contributed by atoms with E-state index in [1.54, 1.807) is 0 Å². The Balaban J connectivity index is 1.75. The highest BCUT2D eigenvalue weighted by atomic mass is 32.2. The van der Waals surface area contributed by atoms with Gasteiger partial charge >= 0.3 is 0 Å². The molecule has 1 aromatic heterocycles. The minimum absolute atomic E-state index is 0.591. The molecule has 21 heavy (non-hydrogen) atoms. The van der Waals surface area contributed by atoms with Gasteiger partial charge in [-0.25, -0.2) is 4.98 Å². The maximum atomic E-state index is 5.00. The third kappa shape index (κ3) is 3.74. The average Bonchev–Trinajstić information content (AvgIpc) is 3.22. The fraction of sp³-hybridized carbons (Fsp3) is 0.812. The smallest absolute Gasteiger partial charge is 0.186 e. The molecule has 1 saturated heterocycles. The maximum absolute atomic E-state index is 5.00. The summed E-state index contributed by atoms with van der Waals surface area (Å²) < 4.78 is 0. The van der Waals surface area contributed by atoms with Gasteiger partial charge in [0, 0.05) is 41.1 Å². The molecule has 0 amide bonds. The van der Waals surface area contributed by atoms with Crippen LogP contribution in [0, 0.1) is 0 Å². The first-order chi connectivity index (χ1) is 10.2. The molecule has 5 heteroatoms. The molecule has 0 spiro atoms. The summed E-state index contributed by atoms with van der Waals surface area (Å²) in [6.07, 6.45) is 5.01. The van der Waals surface area contributed by atoms with E-state index in [0.717, 1.165) is 25.6 Å². The number of aryl methyl sites for hydroxylation is 1. The number of thioether (sulfide) groups is 1. The third-order valence-corrected chi connectivity index (χ3v) is 6.98. The number of hydrogen-bond donors (Lipinski definition) is 1. The Morgan fingerprint density at radius 2 is 2.14 bits per heavy atom. The van der Waals surface area contributed by atoms with Crippen molar-refractivity contribution in [2.45, 2.75) is 70.3 Å². The topological polar surface area (TPSA) is 28.2 Å². The monoisotopic (exact) mass is 325 g/mol. The molecule has 3 nitrogen and oxygen atoms in total. The number of anilines is 1. The van der Waals surface area contributed by atoms with Crippen molar-refractivity contribution in [3.63, 3.8) is 0 Å². The van der Waals surface area contributed by atoms with Crippen molar-refractivity contribution >= 4 is 28.2 Å². The minimum atomic E-state index is 0.591. The first-order valence-corrected chi connectivity index (χ1v) is 10.2. The Kier molecular flexibility index (Phi) is 5.12. The average molecular weight is 326 g/mol. The van der Waals surface area contributed by atoms with Gasteiger partial charge in [-0.3, -0.25) is 0 Å². The molecule has 0 radical (unpaired) electrons. The second kappa shape index (κ2) is 6.88. The van der Waals surface area contributed by atoms with E-state index in [-0.39, 0.29) is 0 Å². The number of nitrogens with one attached hydrogen (secondary N) is 1. The third-order valence-electron chi connectivity index (χ3n) is 4.51. The van der Waals surface area contributed by atoms with E-state index < -0.39 is 0 Å². The molecule has 2 heterocycles. The Morgan fingerprint density at radius 3 is 2.86 bits per heavy atom. The summed E-state index contributed by atoms with van der Waals surface area (Å²) in [6.45, 7) is 9.10. The van der Waals surface area contributed by atoms with Crippen molar-refractivity contribution in [2.24, 2.45) is 0 Å². The fourth-order valence-corrected chi connectivity index (χ4v) is 5.06. The molecule has 2 unspecified atom stereocenters. The van der Waals surface area contributed by atoms with E-state index in [1.807, 2.05) is 11.3 Å². The zero-order valence-corrected chi connectivity index (χ0v) is 15.0. The lowest BCUT2D eigenvalue weighted by Crippen LogP contribution is -2.44. The van der Waals surface area contributed by atoms with Crippen LogP contribution in [-0.4, -0.2) is 34.6 Å². The van der Waals surface area contributed by atoms with Crippen LogP contribution in [0.1, 0.15) is 50.6 Å². The van der Waals surface area contributed by atoms with Gasteiger partial charge in [0.05, 0.1) is 5.69 Å². The van der Waals surface area contributed by atoms with Gasteiger partial charge in [-0.1, -0.05) is 20.3 Å². The summed E-state index contributed by atoms with van der Waals surface area (Å²) in [6, 6.07) is 1.36. The molecule has 2 aliphatic rings. The fourth-order valence-electron chi connectivity index (χ4n) is 2.79. The van der Waals surface area contributed by atoms with Crippen LogP contribution in [0.25, 0.3) is 0 Å². The molecule has 118 valence electrons. The summed E-state index contributed by atoms with van der Waals surface area (Å²) in [5.41, 5.74) is 1.34. The van der Waals surface area contributed by atoms with E-state index in [4.69, 9.17) is 4.98 Å². The SMILES string of the molecule is CCCc1nc(N2CCSC(C)C2C)sc1CNC1CC1. The molecule has 1 aromatic rings. The van der Waals surface area contributed by atoms with Crippen LogP contribution in [0.4, 0.5) is 5.13 Å². The predicted molar refractivity (Wildman–Crippen MR) is 94.7 cm³/mol. The lowest BCUT2D eigenvalue weighted by molar-refractivity contribution is 0.624. The Labute approximate surface area is 136 Å². The van der Waals surface area contributed by atoms with Gasteiger partial charge in [0.15, 0.2) is 5.13 Å². The maximum Gasteiger partial charge on any atom is 0.186 e. The van der Waals surface area contributed by atoms with Crippen molar-refractivity contribution in [3.05, 3.63) is 10.6 Å². The molecule has 0 bridgehead atoms. The highest BCUT2D eigenvalue weighted by molar-refractivity contribution is 8.00. The highest BCUT2D eigenvalue weighted by Crippen LogP contribution is 2.34. The summed E-state index contributed by atoms with van der Waals surface area (Å²) in [5.74, 6) is 1.23. The summed E-state index contributed by atoms with van der Waals surface area (Å²) in [7, 11) is 0. The largest absolute Gasteiger partial charge is 0.343 e. The second-order valence-corrected chi connectivity index (χ2v) is 8.83. The number of thiazole rings is 1. The number of rotatable bonds is 6. The molecule has 2 fully saturated rings. The Morgan fingerprint density at radius 1 is 1.33 bits per heavy atom. The Bertz CT molecular complexity index is 470. The lowest BCUT2D eigenvalue weighted by atomic mass is 10.2. The molecular formula is C16H27N3S2. The van der Waals surface area contributed by atoms with Gasteiger partial charge in [-0.05, 0) is 26.2 Å². The number of hydrogen-bond acceptors (Lipinski definition) is 5. The van der Waals surface area contributed by atoms with Crippen LogP contribution in [0.5, 0.6) is 0 Å². The first-order valence-electron chi connectivity index (χ1n) is 8.29. The predicted octanol–water partition coefficient (Wildman–Crippen LogP) is 3.68. The van der Waals surface area contributed by atoms with Crippen LogP contribution >= 0.6 is 23.1 Å². The van der Waals surface area contributed by atoms with Gasteiger partial charge in [-0.15, -0.1) is 11.3 Å². The van der Waals surface area contributed by atoms with E-state index in [0.29, 0.717) is 11.3 Å². The zero-order chi connectivity index (χ0) is 14.8. The van der Waals surface area contributed by atoms with Gasteiger partial charge in [0.25, 0.3) is 0 Å². The molecule has 1 saturated carbocycles. The van der Waals surface area contributed by atoms with Crippen LogP contribution in [0.15, 0.2) is 0 Å². The quantitative estimate of drug-likeness (QED) is 0.863. The molecule has 2 atom stereocenters. The lowest BCUT2D eigenvalue weighted by Gasteiger charge is -2.37. The normalized spacial score (nSPS) is 26.3. The summed E-state index contributed by atoms with van der Waals surface area (Å²) in [4.78, 5) is 9.00. The van der Waals surface area contributed by atoms with Crippen LogP contribution in [0.2, 0.25) is 0 Å². The highest BCUT2D eigenvalue weighted by Gasteiger charge is 2.28. The van der Waals surface area contributed by atoms with E-state index >= 15 is 0 Å². The van der Waals surface area contributed by atoms with Crippen molar-refractivity contribution in [1.29, 1.82) is 0 Å². The molecule has 3 rings (SSSR count). The van der Waals surface area contributed by atoms with Crippen LogP contribution in [0.3, 0.4) is 0 Å². The van der Waals surface area contributed by atoms with Crippen molar-refractivity contribution in [2.75, 3.05) is 17.2 Å². The van der Waals surface area contributed by atoms with Gasteiger partial charge in [0.2, 0.25) is 0 Å².